The van der Waals surface area contributed by atoms with Crippen LogP contribution in [0.25, 0.3) is 0 Å². The molecule has 0 aliphatic carbocycles. The quantitative estimate of drug-likeness (QED) is 0.826. The van der Waals surface area contributed by atoms with Crippen LogP contribution in [-0.2, 0) is 0 Å². The van der Waals surface area contributed by atoms with Gasteiger partial charge in [-0.05, 0) is 23.0 Å². The lowest BCUT2D eigenvalue weighted by atomic mass is 9.97. The van der Waals surface area contributed by atoms with Crippen LogP contribution in [0.5, 0.6) is 0 Å². The van der Waals surface area contributed by atoms with Gasteiger partial charge in [-0.15, -0.1) is 0 Å². The number of amides is 2. The van der Waals surface area contributed by atoms with E-state index in [1.807, 2.05) is 30.3 Å². The minimum Gasteiger partial charge on any atom is -0.315 e. The SMILES string of the molecule is CC(C)c1ccccc1NC(=O)N/C=C/C(C)(C)C. The second kappa shape index (κ2) is 6.41. The second-order valence-corrected chi connectivity index (χ2v) is 6.04. The molecule has 1 aromatic carbocycles. The molecule has 1 aromatic rings. The normalized spacial score (nSPS) is 11.9. The Hall–Kier alpha value is -1.77. The molecular formula is C16H24N2O. The molecule has 104 valence electrons. The summed E-state index contributed by atoms with van der Waals surface area (Å²) in [6.45, 7) is 10.5. The summed E-state index contributed by atoms with van der Waals surface area (Å²) in [5.74, 6) is 0.376. The molecule has 0 bridgehead atoms. The average molecular weight is 260 g/mol. The van der Waals surface area contributed by atoms with Crippen molar-refractivity contribution >= 4 is 11.7 Å². The van der Waals surface area contributed by atoms with E-state index in [2.05, 4.69) is 45.3 Å². The summed E-state index contributed by atoms with van der Waals surface area (Å²) in [5.41, 5.74) is 2.06. The molecule has 1 rings (SSSR count). The third-order valence-corrected chi connectivity index (χ3v) is 2.63. The topological polar surface area (TPSA) is 41.1 Å². The number of carbonyl (C=O) groups excluding carboxylic acids is 1. The number of urea groups is 1. The van der Waals surface area contributed by atoms with E-state index in [1.54, 1.807) is 6.20 Å². The molecule has 0 radical (unpaired) electrons. The predicted molar refractivity (Wildman–Crippen MR) is 81.3 cm³/mol. The van der Waals surface area contributed by atoms with Gasteiger partial charge < -0.3 is 10.6 Å². The van der Waals surface area contributed by atoms with Gasteiger partial charge in [0.05, 0.1) is 0 Å². The smallest absolute Gasteiger partial charge is 0.315 e. The Morgan fingerprint density at radius 2 is 1.84 bits per heavy atom. The molecule has 0 aliphatic rings. The molecule has 19 heavy (non-hydrogen) atoms. The van der Waals surface area contributed by atoms with E-state index in [9.17, 15) is 4.79 Å². The predicted octanol–water partition coefficient (Wildman–Crippen LogP) is 4.49. The Morgan fingerprint density at radius 1 is 1.21 bits per heavy atom. The van der Waals surface area contributed by atoms with Crippen LogP contribution in [0.2, 0.25) is 0 Å². The molecule has 0 saturated heterocycles. The number of hydrogen-bond donors (Lipinski definition) is 2. The molecule has 0 aromatic heterocycles. The first-order valence-corrected chi connectivity index (χ1v) is 6.64. The van der Waals surface area contributed by atoms with E-state index in [-0.39, 0.29) is 11.4 Å². The first kappa shape index (κ1) is 15.3. The third kappa shape index (κ3) is 5.60. The van der Waals surface area contributed by atoms with Crippen molar-refractivity contribution in [2.45, 2.75) is 40.5 Å². The van der Waals surface area contributed by atoms with E-state index in [1.165, 1.54) is 0 Å². The van der Waals surface area contributed by atoms with Gasteiger partial charge in [0.1, 0.15) is 0 Å². The number of carbonyl (C=O) groups is 1. The lowest BCUT2D eigenvalue weighted by Crippen LogP contribution is -2.25. The monoisotopic (exact) mass is 260 g/mol. The fraction of sp³-hybridized carbons (Fsp3) is 0.438. The zero-order valence-electron chi connectivity index (χ0n) is 12.4. The summed E-state index contributed by atoms with van der Waals surface area (Å²) in [5, 5.41) is 5.60. The van der Waals surface area contributed by atoms with E-state index in [4.69, 9.17) is 0 Å². The van der Waals surface area contributed by atoms with Gasteiger partial charge in [-0.1, -0.05) is 58.9 Å². The summed E-state index contributed by atoms with van der Waals surface area (Å²) in [7, 11) is 0. The van der Waals surface area contributed by atoms with Gasteiger partial charge in [0.25, 0.3) is 0 Å². The van der Waals surface area contributed by atoms with E-state index >= 15 is 0 Å². The minimum absolute atomic E-state index is 0.0587. The number of para-hydroxylation sites is 1. The molecular weight excluding hydrogens is 236 g/mol. The van der Waals surface area contributed by atoms with Crippen molar-refractivity contribution in [1.29, 1.82) is 0 Å². The van der Waals surface area contributed by atoms with Crippen molar-refractivity contribution in [2.75, 3.05) is 5.32 Å². The van der Waals surface area contributed by atoms with E-state index < -0.39 is 0 Å². The number of nitrogens with one attached hydrogen (secondary N) is 2. The van der Waals surface area contributed by atoms with Crippen LogP contribution in [0.15, 0.2) is 36.5 Å². The Morgan fingerprint density at radius 3 is 2.42 bits per heavy atom. The summed E-state index contributed by atoms with van der Waals surface area (Å²) in [4.78, 5) is 11.8. The number of allylic oxidation sites excluding steroid dienone is 1. The number of rotatable bonds is 3. The van der Waals surface area contributed by atoms with Gasteiger partial charge in [0, 0.05) is 11.9 Å². The summed E-state index contributed by atoms with van der Waals surface area (Å²) in [6.07, 6.45) is 3.65. The maximum Gasteiger partial charge on any atom is 0.323 e. The van der Waals surface area contributed by atoms with Gasteiger partial charge in [-0.25, -0.2) is 4.79 Å². The first-order valence-electron chi connectivity index (χ1n) is 6.64. The molecule has 0 saturated carbocycles. The molecule has 2 amide bonds. The van der Waals surface area contributed by atoms with Crippen molar-refractivity contribution in [2.24, 2.45) is 5.41 Å². The molecule has 0 atom stereocenters. The molecule has 0 aliphatic heterocycles. The zero-order chi connectivity index (χ0) is 14.5. The summed E-state index contributed by atoms with van der Waals surface area (Å²) in [6, 6.07) is 7.64. The highest BCUT2D eigenvalue weighted by atomic mass is 16.2. The van der Waals surface area contributed by atoms with Gasteiger partial charge in [0.2, 0.25) is 0 Å². The average Bonchev–Trinajstić information content (AvgIpc) is 2.27. The lowest BCUT2D eigenvalue weighted by Gasteiger charge is -2.14. The van der Waals surface area contributed by atoms with Gasteiger partial charge in [-0.2, -0.15) is 0 Å². The van der Waals surface area contributed by atoms with Crippen LogP contribution in [0.4, 0.5) is 10.5 Å². The fourth-order valence-electron chi connectivity index (χ4n) is 1.64. The van der Waals surface area contributed by atoms with Crippen LogP contribution in [-0.4, -0.2) is 6.03 Å². The van der Waals surface area contributed by atoms with Crippen molar-refractivity contribution in [3.8, 4) is 0 Å². The van der Waals surface area contributed by atoms with Crippen LogP contribution >= 0.6 is 0 Å². The lowest BCUT2D eigenvalue weighted by molar-refractivity contribution is 0.255. The highest BCUT2D eigenvalue weighted by Crippen LogP contribution is 2.23. The Labute approximate surface area is 116 Å². The minimum atomic E-state index is -0.214. The van der Waals surface area contributed by atoms with Gasteiger partial charge >= 0.3 is 6.03 Å². The van der Waals surface area contributed by atoms with E-state index in [0.29, 0.717) is 5.92 Å². The maximum absolute atomic E-state index is 11.8. The van der Waals surface area contributed by atoms with Crippen LogP contribution < -0.4 is 10.6 Å². The van der Waals surface area contributed by atoms with E-state index in [0.717, 1.165) is 11.3 Å². The molecule has 3 nitrogen and oxygen atoms in total. The fourth-order valence-corrected chi connectivity index (χ4v) is 1.64. The van der Waals surface area contributed by atoms with Crippen molar-refractivity contribution < 1.29 is 4.79 Å². The molecule has 0 spiro atoms. The maximum atomic E-state index is 11.8. The Bertz CT molecular complexity index is 456. The number of anilines is 1. The summed E-state index contributed by atoms with van der Waals surface area (Å²) < 4.78 is 0. The van der Waals surface area contributed by atoms with Crippen LogP contribution in [0, 0.1) is 5.41 Å². The van der Waals surface area contributed by atoms with Gasteiger partial charge in [-0.3, -0.25) is 0 Å². The molecule has 0 fully saturated rings. The number of benzene rings is 1. The van der Waals surface area contributed by atoms with Crippen molar-refractivity contribution in [1.82, 2.24) is 5.32 Å². The molecule has 0 heterocycles. The highest BCUT2D eigenvalue weighted by molar-refractivity contribution is 5.90. The largest absolute Gasteiger partial charge is 0.323 e. The Balaban J connectivity index is 2.65. The molecule has 0 unspecified atom stereocenters. The summed E-state index contributed by atoms with van der Waals surface area (Å²) >= 11 is 0. The zero-order valence-corrected chi connectivity index (χ0v) is 12.4. The standard InChI is InChI=1S/C16H24N2O/c1-12(2)13-8-6-7-9-14(13)18-15(19)17-11-10-16(3,4)5/h6-12H,1-5H3,(H2,17,18,19)/b11-10+. The number of hydrogen-bond acceptors (Lipinski definition) is 1. The third-order valence-electron chi connectivity index (χ3n) is 2.63. The second-order valence-electron chi connectivity index (χ2n) is 6.04. The molecule has 2 N–H and O–H groups in total. The van der Waals surface area contributed by atoms with Crippen LogP contribution in [0.3, 0.4) is 0 Å². The highest BCUT2D eigenvalue weighted by Gasteiger charge is 2.08. The van der Waals surface area contributed by atoms with Crippen molar-refractivity contribution in [3.05, 3.63) is 42.1 Å². The van der Waals surface area contributed by atoms with Crippen LogP contribution in [0.1, 0.15) is 46.1 Å². The Kier molecular flexibility index (Phi) is 5.16. The first-order chi connectivity index (χ1) is 8.79. The van der Waals surface area contributed by atoms with Gasteiger partial charge in [0.15, 0.2) is 0 Å². The van der Waals surface area contributed by atoms with Crippen molar-refractivity contribution in [3.63, 3.8) is 0 Å². The molecule has 3 heteroatoms.